The number of nitrogens with zero attached hydrogens (tertiary/aromatic N) is 3. The van der Waals surface area contributed by atoms with Crippen LogP contribution in [0.15, 0.2) is 60.7 Å². The average Bonchev–Trinajstić information content (AvgIpc) is 3.76. The van der Waals surface area contributed by atoms with Gasteiger partial charge in [-0.15, -0.1) is 0 Å². The Morgan fingerprint density at radius 3 is 1.88 bits per heavy atom. The van der Waals surface area contributed by atoms with Gasteiger partial charge in [0.2, 0.25) is 0 Å². The molecule has 7 heteroatoms. The van der Waals surface area contributed by atoms with E-state index in [1.165, 1.54) is 36.8 Å². The van der Waals surface area contributed by atoms with Gasteiger partial charge < -0.3 is 14.7 Å². The quantitative estimate of drug-likeness (QED) is 0.236. The lowest BCUT2D eigenvalue weighted by molar-refractivity contribution is 0.0219. The molecule has 7 nitrogen and oxygen atoms in total. The normalized spacial score (nSPS) is 18.1. The predicted molar refractivity (Wildman–Crippen MR) is 163 cm³/mol. The molecular formula is C34H37N5O2. The van der Waals surface area contributed by atoms with Crippen LogP contribution in [-0.4, -0.2) is 43.1 Å². The molecule has 2 aliphatic rings. The lowest BCUT2D eigenvalue weighted by Gasteiger charge is -2.27. The van der Waals surface area contributed by atoms with Crippen molar-refractivity contribution in [2.24, 2.45) is 0 Å². The van der Waals surface area contributed by atoms with E-state index in [0.717, 1.165) is 57.7 Å². The number of nitrogens with one attached hydrogen (secondary N) is 2. The molecule has 3 heterocycles. The summed E-state index contributed by atoms with van der Waals surface area (Å²) >= 11 is 0. The van der Waals surface area contributed by atoms with Crippen molar-refractivity contribution >= 4 is 28.2 Å². The monoisotopic (exact) mass is 547 g/mol. The second-order valence-electron chi connectivity index (χ2n) is 12.6. The first-order valence-corrected chi connectivity index (χ1v) is 14.9. The summed E-state index contributed by atoms with van der Waals surface area (Å²) in [5.74, 6) is 2.55. The van der Waals surface area contributed by atoms with E-state index >= 15 is 0 Å². The van der Waals surface area contributed by atoms with Crippen molar-refractivity contribution in [3.8, 4) is 22.3 Å². The van der Waals surface area contributed by atoms with Gasteiger partial charge in [0.25, 0.3) is 0 Å². The van der Waals surface area contributed by atoms with E-state index in [2.05, 4.69) is 70.6 Å². The third-order valence-corrected chi connectivity index (χ3v) is 8.49. The first kappa shape index (κ1) is 25.8. The number of ether oxygens (including phenoxy) is 1. The van der Waals surface area contributed by atoms with E-state index in [1.807, 2.05) is 20.8 Å². The Hall–Kier alpha value is -4.13. The van der Waals surface area contributed by atoms with Gasteiger partial charge in [-0.3, -0.25) is 4.90 Å². The van der Waals surface area contributed by atoms with Gasteiger partial charge in [-0.25, -0.2) is 14.8 Å². The van der Waals surface area contributed by atoms with Crippen LogP contribution in [0.25, 0.3) is 44.3 Å². The number of imidazole rings is 2. The minimum absolute atomic E-state index is 0.0959. The Bertz CT molecular complexity index is 1720. The molecule has 210 valence electrons. The van der Waals surface area contributed by atoms with Gasteiger partial charge in [-0.1, -0.05) is 49.2 Å². The van der Waals surface area contributed by atoms with Gasteiger partial charge in [0, 0.05) is 12.5 Å². The maximum absolute atomic E-state index is 12.8. The highest BCUT2D eigenvalue weighted by atomic mass is 16.6. The molecule has 1 saturated heterocycles. The number of H-pyrrole nitrogens is 2. The smallest absolute Gasteiger partial charge is 0.410 e. The van der Waals surface area contributed by atoms with Crippen LogP contribution < -0.4 is 0 Å². The number of aromatic nitrogens is 4. The van der Waals surface area contributed by atoms with Crippen LogP contribution in [-0.2, 0) is 4.74 Å². The average molecular weight is 548 g/mol. The molecule has 0 unspecified atom stereocenters. The SMILES string of the molecule is CC(C)(C)OC(=O)N1CCC[C@H]1c1nc2ccc(-c3ccc(-c4ccc5nc(C6CCCC6)[nH]c5c4)cc3)cc2[nH]1. The zero-order valence-corrected chi connectivity index (χ0v) is 24.0. The maximum atomic E-state index is 12.8. The van der Waals surface area contributed by atoms with Crippen LogP contribution in [0.2, 0.25) is 0 Å². The summed E-state index contributed by atoms with van der Waals surface area (Å²) in [5.41, 5.74) is 8.15. The number of likely N-dealkylation sites (tertiary alicyclic amines) is 1. The van der Waals surface area contributed by atoms with Crippen molar-refractivity contribution in [1.82, 2.24) is 24.8 Å². The van der Waals surface area contributed by atoms with Crippen LogP contribution in [0.4, 0.5) is 4.79 Å². The van der Waals surface area contributed by atoms with Crippen LogP contribution in [0.1, 0.15) is 82.9 Å². The van der Waals surface area contributed by atoms with Crippen molar-refractivity contribution in [1.29, 1.82) is 0 Å². The van der Waals surface area contributed by atoms with E-state index in [1.54, 1.807) is 4.90 Å². The molecule has 41 heavy (non-hydrogen) atoms. The summed E-state index contributed by atoms with van der Waals surface area (Å²) < 4.78 is 5.65. The van der Waals surface area contributed by atoms with Crippen molar-refractivity contribution in [3.63, 3.8) is 0 Å². The number of fused-ring (bicyclic) bond motifs is 2. The summed E-state index contributed by atoms with van der Waals surface area (Å²) in [4.78, 5) is 31.4. The predicted octanol–water partition coefficient (Wildman–Crippen LogP) is 8.50. The van der Waals surface area contributed by atoms with Crippen LogP contribution in [0, 0.1) is 0 Å². The number of hydrogen-bond donors (Lipinski definition) is 2. The number of carbonyl (C=O) groups is 1. The molecule has 2 fully saturated rings. The number of benzene rings is 3. The van der Waals surface area contributed by atoms with Crippen molar-refractivity contribution in [2.75, 3.05) is 6.54 Å². The molecule has 1 atom stereocenters. The van der Waals surface area contributed by atoms with Gasteiger partial charge in [0.15, 0.2) is 0 Å². The van der Waals surface area contributed by atoms with Gasteiger partial charge >= 0.3 is 6.09 Å². The molecule has 5 aromatic rings. The summed E-state index contributed by atoms with van der Waals surface area (Å²) in [5, 5.41) is 0. The van der Waals surface area contributed by atoms with Crippen molar-refractivity contribution < 1.29 is 9.53 Å². The fraction of sp³-hybridized carbons (Fsp3) is 0.382. The molecule has 1 amide bonds. The van der Waals surface area contributed by atoms with Crippen LogP contribution >= 0.6 is 0 Å². The third kappa shape index (κ3) is 5.09. The minimum atomic E-state index is -0.521. The zero-order chi connectivity index (χ0) is 28.1. The number of amides is 1. The van der Waals surface area contributed by atoms with Crippen LogP contribution in [0.5, 0.6) is 0 Å². The van der Waals surface area contributed by atoms with Gasteiger partial charge in [-0.2, -0.15) is 0 Å². The number of hydrogen-bond acceptors (Lipinski definition) is 4. The molecule has 0 bridgehead atoms. The third-order valence-electron chi connectivity index (χ3n) is 8.49. The van der Waals surface area contributed by atoms with Crippen molar-refractivity contribution in [3.05, 3.63) is 72.3 Å². The van der Waals surface area contributed by atoms with Crippen molar-refractivity contribution in [2.45, 2.75) is 76.9 Å². The number of carbonyl (C=O) groups excluding carboxylic acids is 1. The largest absolute Gasteiger partial charge is 0.444 e. The Labute approximate surface area is 240 Å². The van der Waals surface area contributed by atoms with E-state index < -0.39 is 5.60 Å². The van der Waals surface area contributed by atoms with E-state index in [4.69, 9.17) is 14.7 Å². The highest BCUT2D eigenvalue weighted by molar-refractivity contribution is 5.85. The summed E-state index contributed by atoms with van der Waals surface area (Å²) in [6.45, 7) is 6.38. The molecular weight excluding hydrogens is 510 g/mol. The summed E-state index contributed by atoms with van der Waals surface area (Å²) in [6, 6.07) is 21.5. The topological polar surface area (TPSA) is 86.9 Å². The van der Waals surface area contributed by atoms with E-state index in [-0.39, 0.29) is 12.1 Å². The molecule has 1 aliphatic carbocycles. The zero-order valence-electron chi connectivity index (χ0n) is 24.0. The molecule has 0 radical (unpaired) electrons. The summed E-state index contributed by atoms with van der Waals surface area (Å²) in [6.07, 6.45) is 6.63. The van der Waals surface area contributed by atoms with Gasteiger partial charge in [0.1, 0.15) is 17.2 Å². The fourth-order valence-corrected chi connectivity index (χ4v) is 6.41. The minimum Gasteiger partial charge on any atom is -0.444 e. The second kappa shape index (κ2) is 10.1. The molecule has 3 aromatic carbocycles. The van der Waals surface area contributed by atoms with Gasteiger partial charge in [0.05, 0.1) is 28.1 Å². The lowest BCUT2D eigenvalue weighted by atomic mass is 10.00. The molecule has 1 saturated carbocycles. The highest BCUT2D eigenvalue weighted by Gasteiger charge is 2.35. The number of rotatable bonds is 4. The van der Waals surface area contributed by atoms with Gasteiger partial charge in [-0.05, 0) is 93.0 Å². The molecule has 2 aromatic heterocycles. The Balaban J connectivity index is 1.11. The number of aromatic amines is 2. The summed E-state index contributed by atoms with van der Waals surface area (Å²) in [7, 11) is 0. The second-order valence-corrected chi connectivity index (χ2v) is 12.6. The Kier molecular flexibility index (Phi) is 6.33. The maximum Gasteiger partial charge on any atom is 0.410 e. The fourth-order valence-electron chi connectivity index (χ4n) is 6.41. The van der Waals surface area contributed by atoms with E-state index in [9.17, 15) is 4.79 Å². The molecule has 7 rings (SSSR count). The molecule has 1 aliphatic heterocycles. The first-order chi connectivity index (χ1) is 19.8. The van der Waals surface area contributed by atoms with E-state index in [0.29, 0.717) is 12.5 Å². The first-order valence-electron chi connectivity index (χ1n) is 14.9. The molecule has 2 N–H and O–H groups in total. The lowest BCUT2D eigenvalue weighted by Crippen LogP contribution is -2.36. The highest BCUT2D eigenvalue weighted by Crippen LogP contribution is 2.36. The standard InChI is InChI=1S/C34H37N5O2/c1-34(2,3)41-33(40)39-18-6-9-30(39)32-36-27-17-15-25(20-29(27)38-32)22-12-10-21(11-13-22)24-14-16-26-28(19-24)37-31(35-26)23-7-4-5-8-23/h10-17,19-20,23,30H,4-9,18H2,1-3H3,(H,35,37)(H,36,38)/t30-/m0/s1. The Morgan fingerprint density at radius 2 is 1.29 bits per heavy atom. The Morgan fingerprint density at radius 1 is 0.756 bits per heavy atom. The van der Waals surface area contributed by atoms with Crippen LogP contribution in [0.3, 0.4) is 0 Å². The molecule has 0 spiro atoms.